The Labute approximate surface area is 103 Å². The lowest BCUT2D eigenvalue weighted by atomic mass is 10.1. The summed E-state index contributed by atoms with van der Waals surface area (Å²) in [6, 6.07) is 2.95. The SMILES string of the molecule is CCN(CC(N)=O)CC(=O)c1ccc(F)c(F)c1. The van der Waals surface area contributed by atoms with E-state index in [0.717, 1.165) is 12.1 Å². The summed E-state index contributed by atoms with van der Waals surface area (Å²) in [5.41, 5.74) is 5.09. The molecule has 0 radical (unpaired) electrons. The second kappa shape index (κ2) is 6.20. The first-order chi connectivity index (χ1) is 8.43. The summed E-state index contributed by atoms with van der Waals surface area (Å²) < 4.78 is 25.7. The minimum atomic E-state index is -1.07. The molecule has 1 rings (SSSR count). The molecular formula is C12H14F2N2O2. The van der Waals surface area contributed by atoms with Gasteiger partial charge in [0.05, 0.1) is 13.1 Å². The van der Waals surface area contributed by atoms with Crippen LogP contribution in [0, 0.1) is 11.6 Å². The topological polar surface area (TPSA) is 63.4 Å². The summed E-state index contributed by atoms with van der Waals surface area (Å²) in [6.45, 7) is 2.11. The second-order valence-corrected chi connectivity index (χ2v) is 3.82. The lowest BCUT2D eigenvalue weighted by Crippen LogP contribution is -2.37. The van der Waals surface area contributed by atoms with Gasteiger partial charge in [-0.2, -0.15) is 0 Å². The molecule has 2 N–H and O–H groups in total. The average molecular weight is 256 g/mol. The number of Topliss-reactive ketones (excluding diaryl/α,β-unsaturated/α-hetero) is 1. The van der Waals surface area contributed by atoms with Crippen molar-refractivity contribution in [1.82, 2.24) is 4.90 Å². The van der Waals surface area contributed by atoms with Crippen molar-refractivity contribution in [2.45, 2.75) is 6.92 Å². The molecule has 0 fully saturated rings. The van der Waals surface area contributed by atoms with Gasteiger partial charge in [-0.15, -0.1) is 0 Å². The van der Waals surface area contributed by atoms with Gasteiger partial charge in [-0.1, -0.05) is 6.92 Å². The molecule has 0 aromatic heterocycles. The quantitative estimate of drug-likeness (QED) is 0.771. The highest BCUT2D eigenvalue weighted by molar-refractivity contribution is 5.97. The minimum absolute atomic E-state index is 0.0497. The van der Waals surface area contributed by atoms with Gasteiger partial charge in [0, 0.05) is 5.56 Å². The zero-order valence-electron chi connectivity index (χ0n) is 9.95. The van der Waals surface area contributed by atoms with Crippen LogP contribution in [-0.2, 0) is 4.79 Å². The standard InChI is InChI=1S/C12H14F2N2O2/c1-2-16(7-12(15)18)6-11(17)8-3-4-9(13)10(14)5-8/h3-5H,2,6-7H2,1H3,(H2,15,18). The molecule has 18 heavy (non-hydrogen) atoms. The number of nitrogens with two attached hydrogens (primary N) is 1. The van der Waals surface area contributed by atoms with Gasteiger partial charge in [0.2, 0.25) is 5.91 Å². The highest BCUT2D eigenvalue weighted by Crippen LogP contribution is 2.09. The first-order valence-corrected chi connectivity index (χ1v) is 5.43. The predicted molar refractivity (Wildman–Crippen MR) is 62.0 cm³/mol. The molecule has 1 aromatic carbocycles. The number of amides is 1. The molecule has 0 aliphatic rings. The number of primary amides is 1. The molecular weight excluding hydrogens is 242 g/mol. The summed E-state index contributed by atoms with van der Waals surface area (Å²) in [5, 5.41) is 0. The highest BCUT2D eigenvalue weighted by atomic mass is 19.2. The average Bonchev–Trinajstić information content (AvgIpc) is 2.31. The van der Waals surface area contributed by atoms with Crippen LogP contribution in [0.3, 0.4) is 0 Å². The second-order valence-electron chi connectivity index (χ2n) is 3.82. The van der Waals surface area contributed by atoms with Crippen molar-refractivity contribution in [3.05, 3.63) is 35.4 Å². The number of ketones is 1. The first-order valence-electron chi connectivity index (χ1n) is 5.43. The fraction of sp³-hybridized carbons (Fsp3) is 0.333. The Morgan fingerprint density at radius 3 is 2.39 bits per heavy atom. The van der Waals surface area contributed by atoms with Crippen molar-refractivity contribution in [3.8, 4) is 0 Å². The zero-order valence-corrected chi connectivity index (χ0v) is 9.95. The number of rotatable bonds is 6. The number of nitrogens with zero attached hydrogens (tertiary/aromatic N) is 1. The summed E-state index contributed by atoms with van der Waals surface area (Å²) in [5.74, 6) is -3.01. The monoisotopic (exact) mass is 256 g/mol. The van der Waals surface area contributed by atoms with Gasteiger partial charge in [-0.05, 0) is 24.7 Å². The number of hydrogen-bond acceptors (Lipinski definition) is 3. The summed E-state index contributed by atoms with van der Waals surface area (Å²) in [6.07, 6.45) is 0. The van der Waals surface area contributed by atoms with E-state index in [0.29, 0.717) is 6.54 Å². The van der Waals surface area contributed by atoms with Gasteiger partial charge in [0.1, 0.15) is 0 Å². The molecule has 6 heteroatoms. The summed E-state index contributed by atoms with van der Waals surface area (Å²) in [7, 11) is 0. The summed E-state index contributed by atoms with van der Waals surface area (Å²) in [4.78, 5) is 24.0. The van der Waals surface area contributed by atoms with Crippen LogP contribution in [0.1, 0.15) is 17.3 Å². The van der Waals surface area contributed by atoms with Crippen LogP contribution in [0.5, 0.6) is 0 Å². The Hall–Kier alpha value is -1.82. The maximum atomic E-state index is 13.0. The van der Waals surface area contributed by atoms with E-state index in [1.807, 2.05) is 0 Å². The van der Waals surface area contributed by atoms with E-state index >= 15 is 0 Å². The van der Waals surface area contributed by atoms with Crippen LogP contribution >= 0.6 is 0 Å². The molecule has 0 saturated heterocycles. The molecule has 0 aliphatic carbocycles. The van der Waals surface area contributed by atoms with Crippen LogP contribution < -0.4 is 5.73 Å². The van der Waals surface area contributed by atoms with Crippen LogP contribution in [0.15, 0.2) is 18.2 Å². The van der Waals surface area contributed by atoms with Crippen molar-refractivity contribution >= 4 is 11.7 Å². The number of halogens is 2. The lowest BCUT2D eigenvalue weighted by Gasteiger charge is -2.17. The number of carbonyl (C=O) groups is 2. The largest absolute Gasteiger partial charge is 0.369 e. The molecule has 0 bridgehead atoms. The fourth-order valence-corrected chi connectivity index (χ4v) is 1.46. The number of hydrogen-bond donors (Lipinski definition) is 1. The van der Waals surface area contributed by atoms with Crippen molar-refractivity contribution in [3.63, 3.8) is 0 Å². The van der Waals surface area contributed by atoms with Crippen LogP contribution in [0.25, 0.3) is 0 Å². The summed E-state index contributed by atoms with van der Waals surface area (Å²) >= 11 is 0. The van der Waals surface area contributed by atoms with Crippen LogP contribution in [-0.4, -0.2) is 36.2 Å². The van der Waals surface area contributed by atoms with E-state index < -0.39 is 23.3 Å². The third kappa shape index (κ3) is 3.89. The Kier molecular flexibility index (Phi) is 4.91. The van der Waals surface area contributed by atoms with Crippen molar-refractivity contribution in [2.75, 3.05) is 19.6 Å². The Morgan fingerprint density at radius 2 is 1.89 bits per heavy atom. The maximum absolute atomic E-state index is 13.0. The van der Waals surface area contributed by atoms with Crippen LogP contribution in [0.4, 0.5) is 8.78 Å². The van der Waals surface area contributed by atoms with E-state index in [1.165, 1.54) is 11.0 Å². The fourth-order valence-electron chi connectivity index (χ4n) is 1.46. The lowest BCUT2D eigenvalue weighted by molar-refractivity contribution is -0.118. The molecule has 1 aromatic rings. The molecule has 1 amide bonds. The van der Waals surface area contributed by atoms with Gasteiger partial charge < -0.3 is 5.73 Å². The normalized spacial score (nSPS) is 10.7. The van der Waals surface area contributed by atoms with Gasteiger partial charge in [0.25, 0.3) is 0 Å². The van der Waals surface area contributed by atoms with Gasteiger partial charge >= 0.3 is 0 Å². The van der Waals surface area contributed by atoms with E-state index in [1.54, 1.807) is 6.92 Å². The van der Waals surface area contributed by atoms with Gasteiger partial charge in [0.15, 0.2) is 17.4 Å². The van der Waals surface area contributed by atoms with Gasteiger partial charge in [-0.3, -0.25) is 14.5 Å². The number of carbonyl (C=O) groups excluding carboxylic acids is 2. The predicted octanol–water partition coefficient (Wildman–Crippen LogP) is 0.955. The van der Waals surface area contributed by atoms with Crippen molar-refractivity contribution in [1.29, 1.82) is 0 Å². The smallest absolute Gasteiger partial charge is 0.231 e. The Morgan fingerprint density at radius 1 is 1.22 bits per heavy atom. The molecule has 0 spiro atoms. The minimum Gasteiger partial charge on any atom is -0.369 e. The Bertz CT molecular complexity index is 463. The molecule has 0 saturated carbocycles. The molecule has 0 aliphatic heterocycles. The molecule has 0 unspecified atom stereocenters. The third-order valence-corrected chi connectivity index (χ3v) is 2.44. The molecule has 0 atom stereocenters. The molecule has 4 nitrogen and oxygen atoms in total. The van der Waals surface area contributed by atoms with Crippen molar-refractivity contribution in [2.24, 2.45) is 5.73 Å². The highest BCUT2D eigenvalue weighted by Gasteiger charge is 2.14. The molecule has 0 heterocycles. The zero-order chi connectivity index (χ0) is 13.7. The first kappa shape index (κ1) is 14.2. The van der Waals surface area contributed by atoms with E-state index in [4.69, 9.17) is 5.73 Å². The Balaban J connectivity index is 2.74. The van der Waals surface area contributed by atoms with Crippen molar-refractivity contribution < 1.29 is 18.4 Å². The van der Waals surface area contributed by atoms with Gasteiger partial charge in [-0.25, -0.2) is 8.78 Å². The van der Waals surface area contributed by atoms with E-state index in [2.05, 4.69) is 0 Å². The third-order valence-electron chi connectivity index (χ3n) is 2.44. The maximum Gasteiger partial charge on any atom is 0.231 e. The molecule has 98 valence electrons. The van der Waals surface area contributed by atoms with Crippen LogP contribution in [0.2, 0.25) is 0 Å². The van der Waals surface area contributed by atoms with E-state index in [-0.39, 0.29) is 18.7 Å². The number of benzene rings is 1. The number of likely N-dealkylation sites (N-methyl/N-ethyl adjacent to an activating group) is 1. The van der Waals surface area contributed by atoms with E-state index in [9.17, 15) is 18.4 Å².